The molecule has 0 aliphatic rings. The number of hydrogen-bond donors (Lipinski definition) is 1. The third kappa shape index (κ3) is 2.91. The molecule has 0 radical (unpaired) electrons. The minimum atomic E-state index is -0.960. The summed E-state index contributed by atoms with van der Waals surface area (Å²) in [5.41, 5.74) is 1.92. The molecule has 0 fully saturated rings. The number of aromatic carboxylic acids is 1. The Kier molecular flexibility index (Phi) is 3.39. The molecule has 0 aliphatic carbocycles. The molecule has 0 saturated carbocycles. The van der Waals surface area contributed by atoms with E-state index in [9.17, 15) is 9.18 Å². The minimum absolute atomic E-state index is 0.228. The lowest BCUT2D eigenvalue weighted by Crippen LogP contribution is -2.01. The maximum Gasteiger partial charge on any atom is 0.335 e. The van der Waals surface area contributed by atoms with Crippen LogP contribution in [0.3, 0.4) is 0 Å². The van der Waals surface area contributed by atoms with Gasteiger partial charge in [0.2, 0.25) is 0 Å². The number of aromatic nitrogens is 2. The first-order chi connectivity index (χ1) is 10.1. The number of fused-ring (bicyclic) bond motifs is 1. The van der Waals surface area contributed by atoms with Gasteiger partial charge in [0.1, 0.15) is 5.82 Å². The van der Waals surface area contributed by atoms with Gasteiger partial charge in [-0.25, -0.2) is 9.18 Å². The van der Waals surface area contributed by atoms with E-state index in [0.717, 1.165) is 17.4 Å². The Labute approximate surface area is 120 Å². The highest BCUT2D eigenvalue weighted by atomic mass is 19.1. The van der Waals surface area contributed by atoms with Gasteiger partial charge in [-0.05, 0) is 36.2 Å². The average Bonchev–Trinajstić information content (AvgIpc) is 2.88. The number of halogens is 1. The van der Waals surface area contributed by atoms with Crippen LogP contribution < -0.4 is 0 Å². The molecule has 0 spiro atoms. The largest absolute Gasteiger partial charge is 0.478 e. The summed E-state index contributed by atoms with van der Waals surface area (Å²) in [4.78, 5) is 10.9. The zero-order valence-electron chi connectivity index (χ0n) is 11.2. The number of nitrogens with zero attached hydrogens (tertiary/aromatic N) is 2. The van der Waals surface area contributed by atoms with Crippen LogP contribution in [0.25, 0.3) is 10.9 Å². The van der Waals surface area contributed by atoms with Crippen LogP contribution in [0, 0.1) is 5.82 Å². The predicted molar refractivity (Wildman–Crippen MR) is 76.8 cm³/mol. The normalized spacial score (nSPS) is 10.9. The Morgan fingerprint density at radius 3 is 2.67 bits per heavy atom. The molecular weight excluding hydrogens is 271 g/mol. The Bertz CT molecular complexity index is 794. The molecular formula is C16H13FN2O2. The van der Waals surface area contributed by atoms with Gasteiger partial charge >= 0.3 is 5.97 Å². The van der Waals surface area contributed by atoms with Crippen LogP contribution in [0.5, 0.6) is 0 Å². The lowest BCUT2D eigenvalue weighted by Gasteiger charge is -2.01. The van der Waals surface area contributed by atoms with Crippen LogP contribution in [0.4, 0.5) is 4.39 Å². The third-order valence-corrected chi connectivity index (χ3v) is 3.34. The third-order valence-electron chi connectivity index (χ3n) is 3.34. The number of rotatable bonds is 4. The van der Waals surface area contributed by atoms with E-state index in [0.29, 0.717) is 12.1 Å². The molecule has 0 unspecified atom stereocenters. The van der Waals surface area contributed by atoms with E-state index in [1.807, 2.05) is 6.20 Å². The highest BCUT2D eigenvalue weighted by Crippen LogP contribution is 2.15. The van der Waals surface area contributed by atoms with Crippen molar-refractivity contribution in [2.24, 2.45) is 0 Å². The van der Waals surface area contributed by atoms with Crippen LogP contribution in [-0.4, -0.2) is 20.9 Å². The van der Waals surface area contributed by atoms with Gasteiger partial charge in [-0.2, -0.15) is 5.10 Å². The van der Waals surface area contributed by atoms with Gasteiger partial charge in [0.25, 0.3) is 0 Å². The molecule has 4 nitrogen and oxygen atoms in total. The quantitative estimate of drug-likeness (QED) is 0.801. The van der Waals surface area contributed by atoms with Crippen molar-refractivity contribution in [2.75, 3.05) is 0 Å². The second-order valence-corrected chi connectivity index (χ2v) is 4.85. The van der Waals surface area contributed by atoms with Gasteiger partial charge in [-0.3, -0.25) is 4.68 Å². The molecule has 5 heteroatoms. The first-order valence-electron chi connectivity index (χ1n) is 6.57. The number of carbonyl (C=O) groups is 1. The lowest BCUT2D eigenvalue weighted by molar-refractivity contribution is 0.0697. The minimum Gasteiger partial charge on any atom is -0.478 e. The maximum atomic E-state index is 12.8. The first kappa shape index (κ1) is 13.3. The molecule has 0 amide bonds. The standard InChI is InChI=1S/C16H13FN2O2/c17-14-5-1-11(2-6-14)7-8-19-10-13-4-3-12(16(20)21)9-15(13)18-19/h1-6,9-10H,7-8H2,(H,20,21). The Morgan fingerprint density at radius 1 is 1.19 bits per heavy atom. The zero-order chi connectivity index (χ0) is 14.8. The van der Waals surface area contributed by atoms with Crippen molar-refractivity contribution in [2.45, 2.75) is 13.0 Å². The van der Waals surface area contributed by atoms with Crippen molar-refractivity contribution in [1.82, 2.24) is 9.78 Å². The molecule has 0 bridgehead atoms. The lowest BCUT2D eigenvalue weighted by atomic mass is 10.1. The Balaban J connectivity index is 1.78. The van der Waals surface area contributed by atoms with Crippen molar-refractivity contribution in [3.63, 3.8) is 0 Å². The van der Waals surface area contributed by atoms with E-state index < -0.39 is 5.97 Å². The number of hydrogen-bond acceptors (Lipinski definition) is 2. The van der Waals surface area contributed by atoms with Crippen molar-refractivity contribution >= 4 is 16.9 Å². The first-order valence-corrected chi connectivity index (χ1v) is 6.57. The Morgan fingerprint density at radius 2 is 1.95 bits per heavy atom. The molecule has 106 valence electrons. The zero-order valence-corrected chi connectivity index (χ0v) is 11.2. The number of carboxylic acid groups (broad SMARTS) is 1. The van der Waals surface area contributed by atoms with Gasteiger partial charge < -0.3 is 5.11 Å². The summed E-state index contributed by atoms with van der Waals surface area (Å²) in [5, 5.41) is 14.2. The molecule has 0 atom stereocenters. The fraction of sp³-hybridized carbons (Fsp3) is 0.125. The molecule has 1 heterocycles. The van der Waals surface area contributed by atoms with Crippen molar-refractivity contribution in [3.8, 4) is 0 Å². The second-order valence-electron chi connectivity index (χ2n) is 4.85. The summed E-state index contributed by atoms with van der Waals surface area (Å²) in [6.45, 7) is 0.655. The Hall–Kier alpha value is -2.69. The molecule has 0 saturated heterocycles. The fourth-order valence-corrected chi connectivity index (χ4v) is 2.21. The van der Waals surface area contributed by atoms with Crippen molar-refractivity contribution in [1.29, 1.82) is 0 Å². The van der Waals surface area contributed by atoms with E-state index >= 15 is 0 Å². The summed E-state index contributed by atoms with van der Waals surface area (Å²) in [6.07, 6.45) is 2.62. The van der Waals surface area contributed by atoms with E-state index in [2.05, 4.69) is 5.10 Å². The van der Waals surface area contributed by atoms with Gasteiger partial charge in [-0.1, -0.05) is 18.2 Å². The van der Waals surface area contributed by atoms with Crippen LogP contribution in [0.1, 0.15) is 15.9 Å². The summed E-state index contributed by atoms with van der Waals surface area (Å²) >= 11 is 0. The van der Waals surface area contributed by atoms with E-state index in [4.69, 9.17) is 5.11 Å². The van der Waals surface area contributed by atoms with Crippen LogP contribution in [0.2, 0.25) is 0 Å². The van der Waals surface area contributed by atoms with E-state index in [1.54, 1.807) is 35.0 Å². The van der Waals surface area contributed by atoms with Gasteiger partial charge in [-0.15, -0.1) is 0 Å². The second kappa shape index (κ2) is 5.36. The molecule has 3 rings (SSSR count). The van der Waals surface area contributed by atoms with Gasteiger partial charge in [0, 0.05) is 18.1 Å². The van der Waals surface area contributed by atoms with Gasteiger partial charge in [0.15, 0.2) is 0 Å². The SMILES string of the molecule is O=C(O)c1ccc2cn(CCc3ccc(F)cc3)nc2c1. The van der Waals surface area contributed by atoms with Crippen molar-refractivity contribution in [3.05, 3.63) is 65.6 Å². The molecule has 1 N–H and O–H groups in total. The number of aryl methyl sites for hydroxylation is 2. The van der Waals surface area contributed by atoms with E-state index in [1.165, 1.54) is 12.1 Å². The van der Waals surface area contributed by atoms with Crippen LogP contribution in [-0.2, 0) is 13.0 Å². The molecule has 2 aromatic carbocycles. The van der Waals surface area contributed by atoms with Crippen LogP contribution in [0.15, 0.2) is 48.7 Å². The monoisotopic (exact) mass is 284 g/mol. The van der Waals surface area contributed by atoms with Crippen LogP contribution >= 0.6 is 0 Å². The maximum absolute atomic E-state index is 12.8. The van der Waals surface area contributed by atoms with Gasteiger partial charge in [0.05, 0.1) is 11.1 Å². The molecule has 0 aliphatic heterocycles. The number of carboxylic acids is 1. The average molecular weight is 284 g/mol. The molecule has 21 heavy (non-hydrogen) atoms. The highest BCUT2D eigenvalue weighted by Gasteiger charge is 2.06. The van der Waals surface area contributed by atoms with Crippen molar-refractivity contribution < 1.29 is 14.3 Å². The smallest absolute Gasteiger partial charge is 0.335 e. The van der Waals surface area contributed by atoms with E-state index in [-0.39, 0.29) is 11.4 Å². The summed E-state index contributed by atoms with van der Waals surface area (Å²) in [5.74, 6) is -1.21. The fourth-order valence-electron chi connectivity index (χ4n) is 2.21. The number of benzene rings is 2. The summed E-state index contributed by atoms with van der Waals surface area (Å²) in [6, 6.07) is 11.3. The highest BCUT2D eigenvalue weighted by molar-refractivity contribution is 5.92. The topological polar surface area (TPSA) is 55.1 Å². The predicted octanol–water partition coefficient (Wildman–Crippen LogP) is 3.12. The summed E-state index contributed by atoms with van der Waals surface area (Å²) < 4.78 is 14.6. The molecule has 3 aromatic rings. The summed E-state index contributed by atoms with van der Waals surface area (Å²) in [7, 11) is 0. The molecule has 1 aromatic heterocycles.